The normalized spacial score (nSPS) is 19.7. The predicted octanol–water partition coefficient (Wildman–Crippen LogP) is 0.718. The molecular weight excluding hydrogens is 228 g/mol. The van der Waals surface area contributed by atoms with Gasteiger partial charge >= 0.3 is 0 Å². The molecule has 0 aromatic carbocycles. The molecule has 96 valence electrons. The van der Waals surface area contributed by atoms with E-state index in [1.165, 1.54) is 12.8 Å². The molecule has 0 amide bonds. The number of hydrogen-bond donors (Lipinski definition) is 2. The number of nitrogens with one attached hydrogen (secondary N) is 1. The average Bonchev–Trinajstić information content (AvgIpc) is 3.00. The lowest BCUT2D eigenvalue weighted by atomic mass is 10.2. The van der Waals surface area contributed by atoms with Crippen LogP contribution in [0.1, 0.15) is 18.7 Å². The molecule has 0 spiro atoms. The van der Waals surface area contributed by atoms with E-state index >= 15 is 0 Å². The Morgan fingerprint density at radius 3 is 3.22 bits per heavy atom. The molecule has 5 nitrogen and oxygen atoms in total. The first kappa shape index (κ1) is 11.6. The summed E-state index contributed by atoms with van der Waals surface area (Å²) in [5.74, 6) is 0.930. The van der Waals surface area contributed by atoms with Crippen LogP contribution in [0.5, 0.6) is 0 Å². The SMILES string of the molecule is OCCc1nc2cccnc2n1CC1CCCN1. The van der Waals surface area contributed by atoms with E-state index in [0.29, 0.717) is 12.5 Å². The number of imidazole rings is 1. The van der Waals surface area contributed by atoms with Crippen LogP contribution in [0.3, 0.4) is 0 Å². The molecule has 18 heavy (non-hydrogen) atoms. The quantitative estimate of drug-likeness (QED) is 0.834. The first-order valence-corrected chi connectivity index (χ1v) is 6.53. The van der Waals surface area contributed by atoms with Gasteiger partial charge in [0.2, 0.25) is 0 Å². The lowest BCUT2D eigenvalue weighted by Crippen LogP contribution is -2.27. The monoisotopic (exact) mass is 246 g/mol. The Bertz CT molecular complexity index is 531. The summed E-state index contributed by atoms with van der Waals surface area (Å²) < 4.78 is 2.15. The van der Waals surface area contributed by atoms with Gasteiger partial charge in [0.15, 0.2) is 5.65 Å². The lowest BCUT2D eigenvalue weighted by molar-refractivity contribution is 0.294. The Morgan fingerprint density at radius 1 is 1.50 bits per heavy atom. The summed E-state index contributed by atoms with van der Waals surface area (Å²) in [6.07, 6.45) is 4.82. The van der Waals surface area contributed by atoms with Crippen molar-refractivity contribution in [2.75, 3.05) is 13.2 Å². The molecule has 3 rings (SSSR count). The van der Waals surface area contributed by atoms with E-state index in [0.717, 1.165) is 30.1 Å². The van der Waals surface area contributed by atoms with E-state index < -0.39 is 0 Å². The Kier molecular flexibility index (Phi) is 3.25. The third-order valence-electron chi connectivity index (χ3n) is 3.48. The Labute approximate surface area is 106 Å². The smallest absolute Gasteiger partial charge is 0.160 e. The lowest BCUT2D eigenvalue weighted by Gasteiger charge is -2.13. The third-order valence-corrected chi connectivity index (χ3v) is 3.48. The van der Waals surface area contributed by atoms with Crippen molar-refractivity contribution in [3.8, 4) is 0 Å². The first-order chi connectivity index (χ1) is 8.88. The third kappa shape index (κ3) is 2.11. The van der Waals surface area contributed by atoms with Crippen molar-refractivity contribution in [2.24, 2.45) is 0 Å². The van der Waals surface area contributed by atoms with Crippen molar-refractivity contribution in [1.82, 2.24) is 19.9 Å². The van der Waals surface area contributed by atoms with Gasteiger partial charge in [0, 0.05) is 25.2 Å². The highest BCUT2D eigenvalue weighted by Crippen LogP contribution is 2.17. The van der Waals surface area contributed by atoms with E-state index in [1.54, 1.807) is 6.20 Å². The molecule has 1 fully saturated rings. The largest absolute Gasteiger partial charge is 0.396 e. The fourth-order valence-corrected chi connectivity index (χ4v) is 2.62. The van der Waals surface area contributed by atoms with Crippen molar-refractivity contribution < 1.29 is 5.11 Å². The first-order valence-electron chi connectivity index (χ1n) is 6.53. The molecule has 0 bridgehead atoms. The van der Waals surface area contributed by atoms with Gasteiger partial charge in [-0.2, -0.15) is 0 Å². The molecule has 0 saturated carbocycles. The zero-order chi connectivity index (χ0) is 12.4. The van der Waals surface area contributed by atoms with Crippen LogP contribution in [0.2, 0.25) is 0 Å². The number of fused-ring (bicyclic) bond motifs is 1. The second kappa shape index (κ2) is 5.04. The average molecular weight is 246 g/mol. The molecular formula is C13H18N4O. The van der Waals surface area contributed by atoms with Gasteiger partial charge in [-0.3, -0.25) is 0 Å². The van der Waals surface area contributed by atoms with Gasteiger partial charge in [0.1, 0.15) is 11.3 Å². The molecule has 1 atom stereocenters. The van der Waals surface area contributed by atoms with Crippen LogP contribution in [0, 0.1) is 0 Å². The maximum atomic E-state index is 9.14. The summed E-state index contributed by atoms with van der Waals surface area (Å²) in [4.78, 5) is 8.97. The maximum absolute atomic E-state index is 9.14. The molecule has 2 N–H and O–H groups in total. The topological polar surface area (TPSA) is 63.0 Å². The Hall–Kier alpha value is -1.46. The molecule has 2 aromatic heterocycles. The van der Waals surface area contributed by atoms with Crippen LogP contribution in [0.4, 0.5) is 0 Å². The van der Waals surface area contributed by atoms with Gasteiger partial charge in [-0.05, 0) is 31.5 Å². The molecule has 0 aliphatic carbocycles. The second-order valence-electron chi connectivity index (χ2n) is 4.75. The van der Waals surface area contributed by atoms with E-state index in [9.17, 15) is 0 Å². The Balaban J connectivity index is 1.97. The molecule has 2 aromatic rings. The number of aliphatic hydroxyl groups excluding tert-OH is 1. The second-order valence-corrected chi connectivity index (χ2v) is 4.75. The number of aromatic nitrogens is 3. The van der Waals surface area contributed by atoms with Crippen molar-refractivity contribution >= 4 is 11.2 Å². The molecule has 1 unspecified atom stereocenters. The maximum Gasteiger partial charge on any atom is 0.160 e. The minimum absolute atomic E-state index is 0.126. The summed E-state index contributed by atoms with van der Waals surface area (Å²) in [6, 6.07) is 4.37. The molecule has 1 aliphatic heterocycles. The number of aliphatic hydroxyl groups is 1. The van der Waals surface area contributed by atoms with E-state index in [2.05, 4.69) is 19.9 Å². The summed E-state index contributed by atoms with van der Waals surface area (Å²) in [5.41, 5.74) is 1.84. The van der Waals surface area contributed by atoms with Gasteiger partial charge in [-0.15, -0.1) is 0 Å². The summed E-state index contributed by atoms with van der Waals surface area (Å²) in [5, 5.41) is 12.6. The highest BCUT2D eigenvalue weighted by molar-refractivity contribution is 5.71. The van der Waals surface area contributed by atoms with Crippen molar-refractivity contribution in [1.29, 1.82) is 0 Å². The fraction of sp³-hybridized carbons (Fsp3) is 0.538. The van der Waals surface area contributed by atoms with Crippen molar-refractivity contribution in [3.05, 3.63) is 24.2 Å². The number of nitrogens with zero attached hydrogens (tertiary/aromatic N) is 3. The van der Waals surface area contributed by atoms with Gasteiger partial charge in [0.05, 0.1) is 6.61 Å². The molecule has 1 saturated heterocycles. The minimum atomic E-state index is 0.126. The van der Waals surface area contributed by atoms with Crippen LogP contribution >= 0.6 is 0 Å². The molecule has 0 radical (unpaired) electrons. The van der Waals surface area contributed by atoms with Gasteiger partial charge in [0.25, 0.3) is 0 Å². The molecule has 5 heteroatoms. The number of hydrogen-bond acceptors (Lipinski definition) is 4. The van der Waals surface area contributed by atoms with E-state index in [-0.39, 0.29) is 6.61 Å². The van der Waals surface area contributed by atoms with Crippen molar-refractivity contribution in [3.63, 3.8) is 0 Å². The zero-order valence-electron chi connectivity index (χ0n) is 10.3. The minimum Gasteiger partial charge on any atom is -0.396 e. The zero-order valence-corrected chi connectivity index (χ0v) is 10.3. The summed E-state index contributed by atoms with van der Waals surface area (Å²) in [6.45, 7) is 2.12. The van der Waals surface area contributed by atoms with Crippen LogP contribution in [-0.4, -0.2) is 38.8 Å². The fourth-order valence-electron chi connectivity index (χ4n) is 2.62. The molecule has 3 heterocycles. The van der Waals surface area contributed by atoms with E-state index in [1.807, 2.05) is 12.1 Å². The van der Waals surface area contributed by atoms with Crippen LogP contribution < -0.4 is 5.32 Å². The highest BCUT2D eigenvalue weighted by atomic mass is 16.3. The standard InChI is InChI=1S/C13H18N4O/c18-8-5-12-16-11-4-2-7-15-13(11)17(12)9-10-3-1-6-14-10/h2,4,7,10,14,18H,1,3,5-6,8-9H2. The summed E-state index contributed by atoms with van der Waals surface area (Å²) >= 11 is 0. The molecule has 1 aliphatic rings. The number of pyridine rings is 1. The van der Waals surface area contributed by atoms with E-state index in [4.69, 9.17) is 5.11 Å². The van der Waals surface area contributed by atoms with Crippen LogP contribution in [0.25, 0.3) is 11.2 Å². The van der Waals surface area contributed by atoms with Crippen molar-refractivity contribution in [2.45, 2.75) is 31.8 Å². The van der Waals surface area contributed by atoms with Gasteiger partial charge in [-0.25, -0.2) is 9.97 Å². The van der Waals surface area contributed by atoms with Crippen LogP contribution in [-0.2, 0) is 13.0 Å². The Morgan fingerprint density at radius 2 is 2.44 bits per heavy atom. The van der Waals surface area contributed by atoms with Crippen LogP contribution in [0.15, 0.2) is 18.3 Å². The van der Waals surface area contributed by atoms with Gasteiger partial charge in [-0.1, -0.05) is 0 Å². The summed E-state index contributed by atoms with van der Waals surface area (Å²) in [7, 11) is 0. The highest BCUT2D eigenvalue weighted by Gasteiger charge is 2.18. The number of rotatable bonds is 4. The predicted molar refractivity (Wildman–Crippen MR) is 69.3 cm³/mol. The van der Waals surface area contributed by atoms with Gasteiger partial charge < -0.3 is 15.0 Å².